The van der Waals surface area contributed by atoms with E-state index in [4.69, 9.17) is 17.3 Å². The van der Waals surface area contributed by atoms with E-state index in [1.807, 2.05) is 0 Å². The number of nitrogens with two attached hydrogens (primary N) is 1. The van der Waals surface area contributed by atoms with Crippen molar-refractivity contribution in [2.24, 2.45) is 11.7 Å². The topological polar surface area (TPSA) is 81.4 Å². The number of esters is 1. The number of methoxy groups -OCH3 is 1. The summed E-state index contributed by atoms with van der Waals surface area (Å²) in [5.74, 6) is -1.04. The first kappa shape index (κ1) is 18.7. The quantitative estimate of drug-likeness (QED) is 0.835. The number of halogens is 2. The Morgan fingerprint density at radius 3 is 2.40 bits per heavy atom. The van der Waals surface area contributed by atoms with Gasteiger partial charge < -0.3 is 15.8 Å². The third kappa shape index (κ3) is 4.67. The second-order valence-electron chi connectivity index (χ2n) is 4.32. The zero-order valence-electron chi connectivity index (χ0n) is 11.5. The number of nitrogens with one attached hydrogen (secondary N) is 1. The van der Waals surface area contributed by atoms with Gasteiger partial charge in [-0.25, -0.2) is 4.79 Å². The number of carbonyl (C=O) groups is 2. The van der Waals surface area contributed by atoms with E-state index in [0.717, 1.165) is 0 Å². The molecule has 0 bridgehead atoms. The molecule has 0 radical (unpaired) electrons. The van der Waals surface area contributed by atoms with Crippen molar-refractivity contribution in [2.75, 3.05) is 12.4 Å². The predicted molar refractivity (Wildman–Crippen MR) is 81.5 cm³/mol. The first-order valence-electron chi connectivity index (χ1n) is 5.81. The molecule has 0 aliphatic heterocycles. The van der Waals surface area contributed by atoms with Crippen LogP contribution in [0.4, 0.5) is 5.69 Å². The molecule has 7 heteroatoms. The van der Waals surface area contributed by atoms with E-state index >= 15 is 0 Å². The number of carbonyl (C=O) groups excluding carboxylic acids is 2. The Hall–Kier alpha value is -1.30. The second kappa shape index (κ2) is 8.09. The molecule has 5 nitrogen and oxygen atoms in total. The molecular weight excluding hydrogens is 303 g/mol. The number of hydrogen-bond donors (Lipinski definition) is 2. The first-order chi connectivity index (χ1) is 8.86. The fraction of sp³-hybridized carbons (Fsp3) is 0.385. The number of ether oxygens (including phenoxy) is 1. The molecule has 1 rings (SSSR count). The summed E-state index contributed by atoms with van der Waals surface area (Å²) in [6, 6.07) is 4.34. The minimum atomic E-state index is -0.521. The van der Waals surface area contributed by atoms with E-state index < -0.39 is 5.97 Å². The lowest BCUT2D eigenvalue weighted by molar-refractivity contribution is -0.119. The molecule has 0 aliphatic rings. The molecule has 0 heterocycles. The van der Waals surface area contributed by atoms with Gasteiger partial charge in [0.15, 0.2) is 0 Å². The molecule has 0 aromatic heterocycles. The van der Waals surface area contributed by atoms with Gasteiger partial charge in [-0.3, -0.25) is 4.79 Å². The van der Waals surface area contributed by atoms with Crippen LogP contribution in [0.3, 0.4) is 0 Å². The summed E-state index contributed by atoms with van der Waals surface area (Å²) in [6.45, 7) is 3.50. The predicted octanol–water partition coefficient (Wildman–Crippen LogP) is 2.47. The van der Waals surface area contributed by atoms with Gasteiger partial charge in [0.1, 0.15) is 0 Å². The fourth-order valence-corrected chi connectivity index (χ4v) is 1.62. The highest BCUT2D eigenvalue weighted by Crippen LogP contribution is 2.22. The maximum atomic E-state index is 11.8. The summed E-state index contributed by atoms with van der Waals surface area (Å²) in [4.78, 5) is 23.2. The van der Waals surface area contributed by atoms with Crippen molar-refractivity contribution >= 4 is 41.6 Å². The highest BCUT2D eigenvalue weighted by atomic mass is 35.5. The average Bonchev–Trinajstić information content (AvgIpc) is 2.36. The Balaban J connectivity index is 0.00000361. The minimum Gasteiger partial charge on any atom is -0.465 e. The van der Waals surface area contributed by atoms with Gasteiger partial charge in [0.05, 0.1) is 23.6 Å². The number of amides is 1. The smallest absolute Gasteiger partial charge is 0.339 e. The Labute approximate surface area is 129 Å². The van der Waals surface area contributed by atoms with Crippen LogP contribution < -0.4 is 11.1 Å². The van der Waals surface area contributed by atoms with E-state index in [2.05, 4.69) is 10.1 Å². The standard InChI is InChI=1S/C13H17ClN2O3.ClH/c1-7(8(2)15)12(17)16-9-4-5-10(11(14)6-9)13(18)19-3;/h4-8H,15H2,1-3H3,(H,16,17);1H. The molecule has 2 unspecified atom stereocenters. The summed E-state index contributed by atoms with van der Waals surface area (Å²) in [5.41, 5.74) is 6.42. The molecule has 1 aromatic rings. The van der Waals surface area contributed by atoms with Crippen molar-refractivity contribution in [1.82, 2.24) is 0 Å². The van der Waals surface area contributed by atoms with Gasteiger partial charge >= 0.3 is 5.97 Å². The van der Waals surface area contributed by atoms with Crippen molar-refractivity contribution in [3.05, 3.63) is 28.8 Å². The lowest BCUT2D eigenvalue weighted by Crippen LogP contribution is -2.34. The van der Waals surface area contributed by atoms with E-state index in [1.165, 1.54) is 19.2 Å². The van der Waals surface area contributed by atoms with E-state index in [0.29, 0.717) is 5.69 Å². The van der Waals surface area contributed by atoms with Crippen molar-refractivity contribution in [2.45, 2.75) is 19.9 Å². The number of benzene rings is 1. The monoisotopic (exact) mass is 320 g/mol. The van der Waals surface area contributed by atoms with Crippen LogP contribution in [-0.4, -0.2) is 25.0 Å². The third-order valence-electron chi connectivity index (χ3n) is 2.84. The van der Waals surface area contributed by atoms with E-state index in [9.17, 15) is 9.59 Å². The van der Waals surface area contributed by atoms with Gasteiger partial charge in [0.2, 0.25) is 5.91 Å². The molecule has 0 saturated heterocycles. The normalized spacial score (nSPS) is 12.8. The first-order valence-corrected chi connectivity index (χ1v) is 6.19. The largest absolute Gasteiger partial charge is 0.465 e. The van der Waals surface area contributed by atoms with E-state index in [1.54, 1.807) is 19.9 Å². The van der Waals surface area contributed by atoms with Crippen LogP contribution in [0.2, 0.25) is 5.02 Å². The van der Waals surface area contributed by atoms with E-state index in [-0.39, 0.29) is 40.9 Å². The Morgan fingerprint density at radius 2 is 1.95 bits per heavy atom. The molecule has 2 atom stereocenters. The van der Waals surface area contributed by atoms with Gasteiger partial charge in [-0.1, -0.05) is 18.5 Å². The second-order valence-corrected chi connectivity index (χ2v) is 4.73. The van der Waals surface area contributed by atoms with Crippen molar-refractivity contribution in [3.63, 3.8) is 0 Å². The zero-order valence-corrected chi connectivity index (χ0v) is 13.0. The summed E-state index contributed by atoms with van der Waals surface area (Å²) in [5, 5.41) is 2.91. The van der Waals surface area contributed by atoms with Gasteiger partial charge in [-0.2, -0.15) is 0 Å². The molecule has 112 valence electrons. The fourth-order valence-electron chi connectivity index (χ4n) is 1.36. The molecular formula is C13H18Cl2N2O3. The molecule has 3 N–H and O–H groups in total. The molecule has 1 amide bonds. The van der Waals surface area contributed by atoms with Crippen LogP contribution >= 0.6 is 24.0 Å². The Kier molecular flexibility index (Phi) is 7.57. The third-order valence-corrected chi connectivity index (χ3v) is 3.16. The molecule has 0 saturated carbocycles. The highest BCUT2D eigenvalue weighted by Gasteiger charge is 2.18. The lowest BCUT2D eigenvalue weighted by Gasteiger charge is -2.15. The summed E-state index contributed by atoms with van der Waals surface area (Å²) < 4.78 is 4.58. The molecule has 1 aromatic carbocycles. The van der Waals surface area contributed by atoms with Gasteiger partial charge in [-0.15, -0.1) is 12.4 Å². The Morgan fingerprint density at radius 1 is 1.35 bits per heavy atom. The number of anilines is 1. The average molecular weight is 321 g/mol. The van der Waals surface area contributed by atoms with Crippen LogP contribution in [0.15, 0.2) is 18.2 Å². The Bertz CT molecular complexity index is 493. The van der Waals surface area contributed by atoms with Gasteiger partial charge in [-0.05, 0) is 25.1 Å². The summed E-state index contributed by atoms with van der Waals surface area (Å²) >= 11 is 5.95. The van der Waals surface area contributed by atoms with Gasteiger partial charge in [0, 0.05) is 11.7 Å². The SMILES string of the molecule is COC(=O)c1ccc(NC(=O)C(C)C(C)N)cc1Cl.Cl. The molecule has 0 aliphatic carbocycles. The lowest BCUT2D eigenvalue weighted by atomic mass is 10.0. The number of rotatable bonds is 4. The van der Waals surface area contributed by atoms with Crippen molar-refractivity contribution < 1.29 is 14.3 Å². The number of hydrogen-bond acceptors (Lipinski definition) is 4. The van der Waals surface area contributed by atoms with Crippen LogP contribution in [0.1, 0.15) is 24.2 Å². The summed E-state index contributed by atoms with van der Waals surface area (Å²) in [6.07, 6.45) is 0. The summed E-state index contributed by atoms with van der Waals surface area (Å²) in [7, 11) is 1.28. The van der Waals surface area contributed by atoms with Crippen LogP contribution in [0.25, 0.3) is 0 Å². The minimum absolute atomic E-state index is 0. The van der Waals surface area contributed by atoms with Crippen LogP contribution in [0, 0.1) is 5.92 Å². The molecule has 0 fully saturated rings. The maximum absolute atomic E-state index is 11.8. The van der Waals surface area contributed by atoms with Crippen molar-refractivity contribution in [1.29, 1.82) is 0 Å². The zero-order chi connectivity index (χ0) is 14.6. The van der Waals surface area contributed by atoms with Crippen LogP contribution in [0.5, 0.6) is 0 Å². The maximum Gasteiger partial charge on any atom is 0.339 e. The molecule has 20 heavy (non-hydrogen) atoms. The van der Waals surface area contributed by atoms with Gasteiger partial charge in [0.25, 0.3) is 0 Å². The highest BCUT2D eigenvalue weighted by molar-refractivity contribution is 6.34. The van der Waals surface area contributed by atoms with Crippen LogP contribution in [-0.2, 0) is 9.53 Å². The molecule has 0 spiro atoms. The van der Waals surface area contributed by atoms with Crippen molar-refractivity contribution in [3.8, 4) is 0 Å².